The number of nitrogens with zero attached hydrogens (tertiary/aromatic N) is 2. The molecular formula is C15H21N3O4S. The van der Waals surface area contributed by atoms with Crippen LogP contribution < -0.4 is 5.32 Å². The highest BCUT2D eigenvalue weighted by atomic mass is 32.2. The second-order valence-corrected chi connectivity index (χ2v) is 8.29. The number of carbonyl (C=O) groups excluding carboxylic acids is 2. The standard InChI is InChI=1S/C15H21N3O4S/c1-10(2)17-14(19)11-6-12(8-16-7-11)15(20)18(3)13-4-5-23(21,22)9-13/h6-8,10,13H,4-5,9H2,1-3H3,(H,17,19). The summed E-state index contributed by atoms with van der Waals surface area (Å²) in [6, 6.07) is 1.13. The first-order chi connectivity index (χ1) is 10.7. The van der Waals surface area contributed by atoms with Crippen LogP contribution in [0.25, 0.3) is 0 Å². The molecule has 0 aliphatic carbocycles. The molecule has 1 aliphatic heterocycles. The molecule has 7 nitrogen and oxygen atoms in total. The Bertz CT molecular complexity index is 715. The molecule has 1 aromatic rings. The smallest absolute Gasteiger partial charge is 0.255 e. The number of amides is 2. The van der Waals surface area contributed by atoms with E-state index in [4.69, 9.17) is 0 Å². The molecule has 0 spiro atoms. The van der Waals surface area contributed by atoms with Crippen molar-refractivity contribution in [2.75, 3.05) is 18.6 Å². The number of hydrogen-bond donors (Lipinski definition) is 1. The normalized spacial score (nSPS) is 19.6. The molecule has 2 heterocycles. The molecule has 2 amide bonds. The van der Waals surface area contributed by atoms with Gasteiger partial charge in [-0.3, -0.25) is 14.6 Å². The molecule has 0 aromatic carbocycles. The van der Waals surface area contributed by atoms with Crippen LogP contribution in [0.2, 0.25) is 0 Å². The lowest BCUT2D eigenvalue weighted by molar-refractivity contribution is 0.0747. The van der Waals surface area contributed by atoms with Crippen LogP contribution in [-0.2, 0) is 9.84 Å². The summed E-state index contributed by atoms with van der Waals surface area (Å²) >= 11 is 0. The van der Waals surface area contributed by atoms with Crippen LogP contribution in [0.5, 0.6) is 0 Å². The summed E-state index contributed by atoms with van der Waals surface area (Å²) in [6.45, 7) is 3.68. The van der Waals surface area contributed by atoms with E-state index in [0.29, 0.717) is 12.0 Å². The van der Waals surface area contributed by atoms with Crippen LogP contribution in [0.4, 0.5) is 0 Å². The lowest BCUT2D eigenvalue weighted by atomic mass is 10.1. The first-order valence-corrected chi connectivity index (χ1v) is 9.25. The minimum atomic E-state index is -3.06. The molecule has 1 N–H and O–H groups in total. The van der Waals surface area contributed by atoms with Crippen LogP contribution in [0.15, 0.2) is 18.5 Å². The third-order valence-electron chi connectivity index (χ3n) is 3.74. The number of carbonyl (C=O) groups is 2. The summed E-state index contributed by atoms with van der Waals surface area (Å²) in [4.78, 5) is 29.9. The molecular weight excluding hydrogens is 318 g/mol. The van der Waals surface area contributed by atoms with E-state index in [2.05, 4.69) is 10.3 Å². The molecule has 1 aliphatic rings. The van der Waals surface area contributed by atoms with Gasteiger partial charge in [-0.1, -0.05) is 0 Å². The second kappa shape index (κ2) is 6.66. The number of hydrogen-bond acceptors (Lipinski definition) is 5. The van der Waals surface area contributed by atoms with Gasteiger partial charge in [0.2, 0.25) is 0 Å². The number of pyridine rings is 1. The van der Waals surface area contributed by atoms with E-state index >= 15 is 0 Å². The number of aromatic nitrogens is 1. The molecule has 23 heavy (non-hydrogen) atoms. The molecule has 1 saturated heterocycles. The van der Waals surface area contributed by atoms with E-state index < -0.39 is 9.84 Å². The third kappa shape index (κ3) is 4.28. The van der Waals surface area contributed by atoms with Crippen LogP contribution >= 0.6 is 0 Å². The number of rotatable bonds is 4. The highest BCUT2D eigenvalue weighted by Gasteiger charge is 2.33. The predicted octanol–water partition coefficient (Wildman–Crippen LogP) is 0.479. The van der Waals surface area contributed by atoms with Gasteiger partial charge in [0.15, 0.2) is 9.84 Å². The summed E-state index contributed by atoms with van der Waals surface area (Å²) in [5.41, 5.74) is 0.574. The highest BCUT2D eigenvalue weighted by molar-refractivity contribution is 7.91. The van der Waals surface area contributed by atoms with E-state index in [-0.39, 0.29) is 41.0 Å². The van der Waals surface area contributed by atoms with Crippen molar-refractivity contribution < 1.29 is 18.0 Å². The summed E-state index contributed by atoms with van der Waals surface area (Å²) in [7, 11) is -1.49. The fourth-order valence-corrected chi connectivity index (χ4v) is 4.25. The molecule has 2 rings (SSSR count). The number of nitrogens with one attached hydrogen (secondary N) is 1. The van der Waals surface area contributed by atoms with Crippen molar-refractivity contribution in [3.63, 3.8) is 0 Å². The quantitative estimate of drug-likeness (QED) is 0.860. The fourth-order valence-electron chi connectivity index (χ4n) is 2.48. The van der Waals surface area contributed by atoms with Gasteiger partial charge < -0.3 is 10.2 Å². The van der Waals surface area contributed by atoms with E-state index in [1.807, 2.05) is 13.8 Å². The molecule has 126 valence electrons. The second-order valence-electron chi connectivity index (χ2n) is 6.06. The first-order valence-electron chi connectivity index (χ1n) is 7.43. The molecule has 8 heteroatoms. The van der Waals surface area contributed by atoms with Crippen LogP contribution in [0.3, 0.4) is 0 Å². The van der Waals surface area contributed by atoms with Crippen molar-refractivity contribution in [2.45, 2.75) is 32.4 Å². The monoisotopic (exact) mass is 339 g/mol. The largest absolute Gasteiger partial charge is 0.350 e. The van der Waals surface area contributed by atoms with Crippen LogP contribution in [0.1, 0.15) is 41.0 Å². The Morgan fingerprint density at radius 1 is 1.30 bits per heavy atom. The molecule has 0 bridgehead atoms. The zero-order valence-electron chi connectivity index (χ0n) is 13.4. The lowest BCUT2D eigenvalue weighted by Crippen LogP contribution is -2.38. The summed E-state index contributed by atoms with van der Waals surface area (Å²) in [5.74, 6) is -0.548. The van der Waals surface area contributed by atoms with Crippen LogP contribution in [0, 0.1) is 0 Å². The molecule has 1 fully saturated rings. The SMILES string of the molecule is CC(C)NC(=O)c1cncc(C(=O)N(C)C2CCS(=O)(=O)C2)c1. The van der Waals surface area contributed by atoms with Gasteiger partial charge in [0.25, 0.3) is 11.8 Å². The molecule has 1 atom stereocenters. The van der Waals surface area contributed by atoms with Crippen molar-refractivity contribution in [3.05, 3.63) is 29.6 Å². The Hall–Kier alpha value is -1.96. The summed E-state index contributed by atoms with van der Waals surface area (Å²) in [5, 5.41) is 2.74. The Balaban J connectivity index is 2.15. The zero-order valence-corrected chi connectivity index (χ0v) is 14.3. The van der Waals surface area contributed by atoms with Gasteiger partial charge in [0.1, 0.15) is 0 Å². The zero-order chi connectivity index (χ0) is 17.2. The van der Waals surface area contributed by atoms with E-state index in [1.165, 1.54) is 23.4 Å². The maximum Gasteiger partial charge on any atom is 0.255 e. The first kappa shape index (κ1) is 17.4. The molecule has 1 unspecified atom stereocenters. The summed E-state index contributed by atoms with van der Waals surface area (Å²) < 4.78 is 23.1. The molecule has 0 saturated carbocycles. The van der Waals surface area contributed by atoms with Crippen molar-refractivity contribution in [1.29, 1.82) is 0 Å². The van der Waals surface area contributed by atoms with E-state index in [0.717, 1.165) is 0 Å². The Labute approximate surface area is 136 Å². The predicted molar refractivity (Wildman–Crippen MR) is 86.0 cm³/mol. The Kier molecular flexibility index (Phi) is 5.03. The van der Waals surface area contributed by atoms with E-state index in [9.17, 15) is 18.0 Å². The minimum Gasteiger partial charge on any atom is -0.350 e. The van der Waals surface area contributed by atoms with Gasteiger partial charge in [0.05, 0.1) is 22.6 Å². The fraction of sp³-hybridized carbons (Fsp3) is 0.533. The van der Waals surface area contributed by atoms with Crippen molar-refractivity contribution in [2.24, 2.45) is 0 Å². The van der Waals surface area contributed by atoms with Gasteiger partial charge in [-0.25, -0.2) is 8.42 Å². The average molecular weight is 339 g/mol. The van der Waals surface area contributed by atoms with Gasteiger partial charge >= 0.3 is 0 Å². The lowest BCUT2D eigenvalue weighted by Gasteiger charge is -2.23. The van der Waals surface area contributed by atoms with Gasteiger partial charge in [-0.05, 0) is 26.3 Å². The third-order valence-corrected chi connectivity index (χ3v) is 5.49. The minimum absolute atomic E-state index is 0.0177. The topological polar surface area (TPSA) is 96.4 Å². The average Bonchev–Trinajstić information content (AvgIpc) is 2.85. The van der Waals surface area contributed by atoms with Gasteiger partial charge in [-0.2, -0.15) is 0 Å². The van der Waals surface area contributed by atoms with Crippen molar-refractivity contribution in [3.8, 4) is 0 Å². The van der Waals surface area contributed by atoms with Crippen molar-refractivity contribution in [1.82, 2.24) is 15.2 Å². The van der Waals surface area contributed by atoms with Crippen molar-refractivity contribution >= 4 is 21.7 Å². The van der Waals surface area contributed by atoms with Crippen LogP contribution in [-0.4, -0.2) is 60.8 Å². The molecule has 1 aromatic heterocycles. The molecule has 0 radical (unpaired) electrons. The summed E-state index contributed by atoms with van der Waals surface area (Å²) in [6.07, 6.45) is 3.22. The highest BCUT2D eigenvalue weighted by Crippen LogP contribution is 2.18. The van der Waals surface area contributed by atoms with Gasteiger partial charge in [0, 0.05) is 31.5 Å². The Morgan fingerprint density at radius 2 is 1.96 bits per heavy atom. The number of sulfone groups is 1. The van der Waals surface area contributed by atoms with E-state index in [1.54, 1.807) is 7.05 Å². The van der Waals surface area contributed by atoms with Gasteiger partial charge in [-0.15, -0.1) is 0 Å². The Morgan fingerprint density at radius 3 is 2.52 bits per heavy atom. The maximum absolute atomic E-state index is 12.5. The maximum atomic E-state index is 12.5.